The molecule has 2 N–H and O–H groups in total. The van der Waals surface area contributed by atoms with Crippen molar-refractivity contribution in [2.45, 2.75) is 30.2 Å². The second kappa shape index (κ2) is 7.91. The Morgan fingerprint density at radius 3 is 2.68 bits per heavy atom. The molecule has 6 heteroatoms. The second-order valence-electron chi connectivity index (χ2n) is 6.02. The van der Waals surface area contributed by atoms with Gasteiger partial charge in [0.1, 0.15) is 0 Å². The standard InChI is InChI=1S/C16H21ClN2OS.ClH/c17-12-2-4-13(5-3-12)21-8-7-16(20)19-9-11-1-6-15(18)14(11)10-19;/h2-5,11,14-15H,1,6-10,18H2;1H. The van der Waals surface area contributed by atoms with Gasteiger partial charge >= 0.3 is 0 Å². The molecule has 122 valence electrons. The molecule has 1 saturated heterocycles. The first kappa shape index (κ1) is 17.9. The highest BCUT2D eigenvalue weighted by Gasteiger charge is 2.42. The molecule has 0 radical (unpaired) electrons. The molecular formula is C16H22Cl2N2OS. The third-order valence-electron chi connectivity index (χ3n) is 4.66. The molecule has 0 bridgehead atoms. The monoisotopic (exact) mass is 360 g/mol. The van der Waals surface area contributed by atoms with Crippen LogP contribution in [0.5, 0.6) is 0 Å². The van der Waals surface area contributed by atoms with Gasteiger partial charge in [-0.05, 0) is 48.9 Å². The van der Waals surface area contributed by atoms with Gasteiger partial charge in [0.25, 0.3) is 0 Å². The van der Waals surface area contributed by atoms with E-state index in [0.29, 0.717) is 24.3 Å². The fourth-order valence-electron chi connectivity index (χ4n) is 3.46. The molecule has 2 fully saturated rings. The summed E-state index contributed by atoms with van der Waals surface area (Å²) in [7, 11) is 0. The van der Waals surface area contributed by atoms with Crippen LogP contribution in [0.1, 0.15) is 19.3 Å². The molecule has 22 heavy (non-hydrogen) atoms. The number of fused-ring (bicyclic) bond motifs is 1. The highest BCUT2D eigenvalue weighted by Crippen LogP contribution is 2.37. The molecule has 1 aromatic rings. The lowest BCUT2D eigenvalue weighted by Gasteiger charge is -2.18. The number of carbonyl (C=O) groups excluding carboxylic acids is 1. The van der Waals surface area contributed by atoms with Gasteiger partial charge in [-0.15, -0.1) is 24.2 Å². The van der Waals surface area contributed by atoms with Crippen molar-refractivity contribution >= 4 is 41.7 Å². The number of nitrogens with two attached hydrogens (primary N) is 1. The van der Waals surface area contributed by atoms with Gasteiger partial charge < -0.3 is 10.6 Å². The fraction of sp³-hybridized carbons (Fsp3) is 0.562. The lowest BCUT2D eigenvalue weighted by Crippen LogP contribution is -2.33. The van der Waals surface area contributed by atoms with Crippen molar-refractivity contribution in [1.82, 2.24) is 4.90 Å². The predicted molar refractivity (Wildman–Crippen MR) is 94.8 cm³/mol. The normalized spacial score (nSPS) is 26.6. The van der Waals surface area contributed by atoms with E-state index in [1.165, 1.54) is 6.42 Å². The number of carbonyl (C=O) groups is 1. The van der Waals surface area contributed by atoms with E-state index in [-0.39, 0.29) is 18.3 Å². The van der Waals surface area contributed by atoms with Crippen LogP contribution in [-0.2, 0) is 4.79 Å². The van der Waals surface area contributed by atoms with Gasteiger partial charge in [0, 0.05) is 41.2 Å². The van der Waals surface area contributed by atoms with Crippen LogP contribution in [0.25, 0.3) is 0 Å². The zero-order chi connectivity index (χ0) is 14.8. The van der Waals surface area contributed by atoms with Crippen molar-refractivity contribution in [3.63, 3.8) is 0 Å². The molecule has 1 aromatic carbocycles. The van der Waals surface area contributed by atoms with Crippen LogP contribution < -0.4 is 5.73 Å². The topological polar surface area (TPSA) is 46.3 Å². The van der Waals surface area contributed by atoms with Crippen LogP contribution in [0.2, 0.25) is 5.02 Å². The van der Waals surface area contributed by atoms with Crippen molar-refractivity contribution in [3.8, 4) is 0 Å². The Labute approximate surface area is 147 Å². The largest absolute Gasteiger partial charge is 0.342 e. The van der Waals surface area contributed by atoms with Gasteiger partial charge in [0.15, 0.2) is 0 Å². The Bertz CT molecular complexity index is 511. The Morgan fingerprint density at radius 1 is 1.27 bits per heavy atom. The van der Waals surface area contributed by atoms with Gasteiger partial charge in [-0.2, -0.15) is 0 Å². The van der Waals surface area contributed by atoms with Crippen molar-refractivity contribution in [1.29, 1.82) is 0 Å². The minimum atomic E-state index is 0. The van der Waals surface area contributed by atoms with E-state index in [2.05, 4.69) is 0 Å². The summed E-state index contributed by atoms with van der Waals surface area (Å²) in [4.78, 5) is 15.5. The van der Waals surface area contributed by atoms with Gasteiger partial charge in [-0.1, -0.05) is 11.6 Å². The van der Waals surface area contributed by atoms with Crippen molar-refractivity contribution < 1.29 is 4.79 Å². The van der Waals surface area contributed by atoms with Crippen LogP contribution >= 0.6 is 35.8 Å². The van der Waals surface area contributed by atoms with Gasteiger partial charge in [-0.25, -0.2) is 0 Å². The third-order valence-corrected chi connectivity index (χ3v) is 5.93. The fourth-order valence-corrected chi connectivity index (χ4v) is 4.42. The first-order chi connectivity index (χ1) is 10.1. The summed E-state index contributed by atoms with van der Waals surface area (Å²) in [6.45, 7) is 1.79. The van der Waals surface area contributed by atoms with Gasteiger partial charge in [0.05, 0.1) is 0 Å². The Balaban J connectivity index is 0.00000176. The number of hydrogen-bond donors (Lipinski definition) is 1. The lowest BCUT2D eigenvalue weighted by atomic mass is 9.98. The van der Waals surface area contributed by atoms with Crippen molar-refractivity contribution in [3.05, 3.63) is 29.3 Å². The van der Waals surface area contributed by atoms with E-state index < -0.39 is 0 Å². The summed E-state index contributed by atoms with van der Waals surface area (Å²) < 4.78 is 0. The van der Waals surface area contributed by atoms with E-state index in [1.54, 1.807) is 11.8 Å². The van der Waals surface area contributed by atoms with Crippen molar-refractivity contribution in [2.24, 2.45) is 17.6 Å². The minimum Gasteiger partial charge on any atom is -0.342 e. The molecule has 0 spiro atoms. The molecule has 1 aliphatic heterocycles. The Morgan fingerprint density at radius 2 is 2.00 bits per heavy atom. The van der Waals surface area contributed by atoms with Gasteiger partial charge in [-0.3, -0.25) is 4.79 Å². The molecule has 0 aromatic heterocycles. The molecule has 1 amide bonds. The molecule has 3 unspecified atom stereocenters. The average molecular weight is 361 g/mol. The summed E-state index contributed by atoms with van der Waals surface area (Å²) in [6.07, 6.45) is 2.92. The van der Waals surface area contributed by atoms with Crippen molar-refractivity contribution in [2.75, 3.05) is 18.8 Å². The highest BCUT2D eigenvalue weighted by molar-refractivity contribution is 7.99. The molecule has 3 atom stereocenters. The number of rotatable bonds is 4. The number of halogens is 2. The van der Waals surface area contributed by atoms with Crippen LogP contribution in [0.15, 0.2) is 29.2 Å². The van der Waals surface area contributed by atoms with Gasteiger partial charge in [0.2, 0.25) is 5.91 Å². The van der Waals surface area contributed by atoms with E-state index in [4.69, 9.17) is 17.3 Å². The molecule has 1 saturated carbocycles. The predicted octanol–water partition coefficient (Wildman–Crippen LogP) is 3.44. The summed E-state index contributed by atoms with van der Waals surface area (Å²) >= 11 is 7.57. The van der Waals surface area contributed by atoms with E-state index in [0.717, 1.165) is 35.2 Å². The average Bonchev–Trinajstić information content (AvgIpc) is 3.04. The zero-order valence-corrected chi connectivity index (χ0v) is 14.8. The smallest absolute Gasteiger partial charge is 0.223 e. The summed E-state index contributed by atoms with van der Waals surface area (Å²) in [5.74, 6) is 2.28. The van der Waals surface area contributed by atoms with E-state index in [9.17, 15) is 4.79 Å². The lowest BCUT2D eigenvalue weighted by molar-refractivity contribution is -0.130. The Kier molecular flexibility index (Phi) is 6.45. The first-order valence-corrected chi connectivity index (χ1v) is 8.91. The first-order valence-electron chi connectivity index (χ1n) is 7.55. The molecular weight excluding hydrogens is 339 g/mol. The zero-order valence-electron chi connectivity index (χ0n) is 12.4. The highest BCUT2D eigenvalue weighted by atomic mass is 35.5. The maximum atomic E-state index is 12.3. The maximum absolute atomic E-state index is 12.3. The number of benzene rings is 1. The number of amides is 1. The minimum absolute atomic E-state index is 0. The number of nitrogens with zero attached hydrogens (tertiary/aromatic N) is 1. The van der Waals surface area contributed by atoms with Crippen LogP contribution in [0, 0.1) is 11.8 Å². The van der Waals surface area contributed by atoms with E-state index >= 15 is 0 Å². The molecule has 1 aliphatic carbocycles. The number of hydrogen-bond acceptors (Lipinski definition) is 3. The third kappa shape index (κ3) is 4.10. The van der Waals surface area contributed by atoms with E-state index in [1.807, 2.05) is 29.2 Å². The molecule has 3 nitrogen and oxygen atoms in total. The van der Waals surface area contributed by atoms with Crippen LogP contribution in [0.4, 0.5) is 0 Å². The maximum Gasteiger partial charge on any atom is 0.223 e. The molecule has 2 aliphatic rings. The quantitative estimate of drug-likeness (QED) is 0.836. The van der Waals surface area contributed by atoms with Crippen LogP contribution in [0.3, 0.4) is 0 Å². The number of likely N-dealkylation sites (tertiary alicyclic amines) is 1. The SMILES string of the molecule is Cl.NC1CCC2CN(C(=O)CCSc3ccc(Cl)cc3)CC12. The molecule has 3 rings (SSSR count). The summed E-state index contributed by atoms with van der Waals surface area (Å²) in [6, 6.07) is 8.06. The number of thioether (sulfide) groups is 1. The van der Waals surface area contributed by atoms with Crippen LogP contribution in [-0.4, -0.2) is 35.7 Å². The molecule has 1 heterocycles. The summed E-state index contributed by atoms with van der Waals surface area (Å²) in [5.41, 5.74) is 6.12. The summed E-state index contributed by atoms with van der Waals surface area (Å²) in [5, 5.41) is 0.746. The Hall–Kier alpha value is -0.420. The second-order valence-corrected chi connectivity index (χ2v) is 7.62.